The Balaban J connectivity index is 1.73. The second kappa shape index (κ2) is 27.3. The third-order valence-corrected chi connectivity index (χ3v) is 14.8. The van der Waals surface area contributed by atoms with Crippen LogP contribution in [0.25, 0.3) is 0 Å². The van der Waals surface area contributed by atoms with Crippen LogP contribution in [0.1, 0.15) is 135 Å². The van der Waals surface area contributed by atoms with Crippen molar-refractivity contribution in [1.82, 2.24) is 4.90 Å². The Bertz CT molecular complexity index is 2090. The fourth-order valence-corrected chi connectivity index (χ4v) is 10.3. The van der Waals surface area contributed by atoms with Gasteiger partial charge in [0.25, 0.3) is 11.7 Å². The molecule has 4 rings (SSSR count). The average molecular weight is 963 g/mol. The molecule has 1 amide bonds. The number of aliphatic hydroxyl groups excluding tert-OH is 1. The van der Waals surface area contributed by atoms with Crippen molar-refractivity contribution in [3.8, 4) is 0 Å². The summed E-state index contributed by atoms with van der Waals surface area (Å²) >= 11 is 0. The van der Waals surface area contributed by atoms with Crippen LogP contribution in [0.3, 0.4) is 0 Å². The van der Waals surface area contributed by atoms with E-state index in [1.54, 1.807) is 52.0 Å². The minimum atomic E-state index is -3.28. The summed E-state index contributed by atoms with van der Waals surface area (Å²) in [5, 5.41) is 33.5. The highest BCUT2D eigenvalue weighted by Crippen LogP contribution is 2.38. The number of ketones is 2. The molecule has 0 aromatic heterocycles. The molecule has 3 fully saturated rings. The van der Waals surface area contributed by atoms with Crippen LogP contribution < -0.4 is 0 Å². The van der Waals surface area contributed by atoms with E-state index in [0.29, 0.717) is 61.7 Å². The lowest BCUT2D eigenvalue weighted by Gasteiger charge is -2.42. The van der Waals surface area contributed by atoms with Crippen LogP contribution in [0, 0.1) is 35.5 Å². The van der Waals surface area contributed by atoms with Gasteiger partial charge in [-0.15, -0.1) is 0 Å². The molecule has 2 bridgehead atoms. The minimum absolute atomic E-state index is 0.0198. The van der Waals surface area contributed by atoms with Crippen molar-refractivity contribution >= 4 is 23.4 Å². The Hall–Kier alpha value is -3.34. The maximum Gasteiger partial charge on any atom is 0.329 e. The second-order valence-electron chi connectivity index (χ2n) is 19.9. The number of piperidine rings is 1. The number of carbonyl (C=O) groups excluding carboxylic acids is 4. The van der Waals surface area contributed by atoms with E-state index in [1.807, 2.05) is 32.9 Å². The van der Waals surface area contributed by atoms with E-state index < -0.39 is 110 Å². The van der Waals surface area contributed by atoms with Gasteiger partial charge in [0.1, 0.15) is 30.1 Å². The minimum Gasteiger partial charge on any atom is -0.460 e. The highest BCUT2D eigenvalue weighted by molar-refractivity contribution is 6.39. The van der Waals surface area contributed by atoms with Gasteiger partial charge in [-0.05, 0) is 118 Å². The number of amides is 1. The SMILES string of the molecule is [2H]C([2H])([2H])O[C@H]1C[C@@H]2CC[C@@H](C)[C@@](O)(O2)C(=O)C(=O)N2CCCC[C@H]2C(=O)O[C@H]([C@H](C)C[C@@H]2CC[C@@H](OC([2H])([2H])C([2H])([2H])O)[C@H](OC)C2)CC(=O)[C@H](C)/C=C(\C)[C@@H](O)[C@@H](OC)C(=C)[C@H](C)C[C@H](C)/C=C/C=CC=C1C. The number of ether oxygens (including phenoxy) is 6. The first-order valence-corrected chi connectivity index (χ1v) is 24.5. The number of cyclic esters (lactones) is 1. The normalized spacial score (nSPS) is 40.1. The summed E-state index contributed by atoms with van der Waals surface area (Å²) in [5.74, 6) is -8.53. The van der Waals surface area contributed by atoms with Crippen molar-refractivity contribution in [2.45, 2.75) is 180 Å². The van der Waals surface area contributed by atoms with Gasteiger partial charge in [0.05, 0.1) is 47.1 Å². The molecule has 4 aliphatic rings. The lowest BCUT2D eigenvalue weighted by Crippen LogP contribution is -2.61. The van der Waals surface area contributed by atoms with E-state index in [0.717, 1.165) is 4.90 Å². The number of methoxy groups -OCH3 is 3. The van der Waals surface area contributed by atoms with Crippen molar-refractivity contribution in [2.75, 3.05) is 40.9 Å². The van der Waals surface area contributed by atoms with E-state index in [1.165, 1.54) is 14.2 Å². The average Bonchev–Trinajstić information content (AvgIpc) is 3.33. The molecule has 1 aliphatic carbocycles. The number of allylic oxidation sites excluding steroid dienone is 6. The Morgan fingerprint density at radius 2 is 1.69 bits per heavy atom. The quantitative estimate of drug-likeness (QED) is 0.120. The molecule has 0 aromatic rings. The van der Waals surface area contributed by atoms with Crippen molar-refractivity contribution < 1.29 is 72.5 Å². The highest BCUT2D eigenvalue weighted by Gasteiger charge is 2.53. The number of hydrogen-bond donors (Lipinski definition) is 3. The third kappa shape index (κ3) is 15.3. The molecule has 14 heteroatoms. The lowest BCUT2D eigenvalue weighted by molar-refractivity contribution is -0.265. The number of fused-ring (bicyclic) bond motifs is 3. The van der Waals surface area contributed by atoms with E-state index >= 15 is 0 Å². The first-order chi connectivity index (χ1) is 34.8. The van der Waals surface area contributed by atoms with Crippen molar-refractivity contribution in [3.63, 3.8) is 0 Å². The molecular weight excluding hydrogens is 871 g/mol. The summed E-state index contributed by atoms with van der Waals surface area (Å²) in [6, 6.07) is -1.27. The molecule has 0 unspecified atom stereocenters. The van der Waals surface area contributed by atoms with Crippen LogP contribution in [0.15, 0.2) is 59.8 Å². The summed E-state index contributed by atoms with van der Waals surface area (Å²) in [4.78, 5) is 58.7. The van der Waals surface area contributed by atoms with Crippen molar-refractivity contribution in [2.24, 2.45) is 35.5 Å². The molecule has 1 saturated carbocycles. The molecule has 0 spiro atoms. The molecule has 2 saturated heterocycles. The Labute approximate surface area is 416 Å². The highest BCUT2D eigenvalue weighted by atomic mass is 16.6. The van der Waals surface area contributed by atoms with Crippen molar-refractivity contribution in [1.29, 1.82) is 0 Å². The number of esters is 1. The predicted molar refractivity (Wildman–Crippen MR) is 260 cm³/mol. The molecule has 0 aromatic carbocycles. The molecule has 15 atom stereocenters. The monoisotopic (exact) mass is 963 g/mol. The number of carbonyl (C=O) groups is 4. The van der Waals surface area contributed by atoms with Gasteiger partial charge in [-0.1, -0.05) is 77.7 Å². The molecule has 384 valence electrons. The predicted octanol–water partition coefficient (Wildman–Crippen LogP) is 7.18. The number of Topliss-reactive ketones (excluding diaryl/α,β-unsaturated/α-hetero) is 2. The topological polar surface area (TPSA) is 188 Å². The van der Waals surface area contributed by atoms with E-state index in [2.05, 4.69) is 6.58 Å². The molecule has 3 aliphatic heterocycles. The van der Waals surface area contributed by atoms with Crippen LogP contribution >= 0.6 is 0 Å². The van der Waals surface area contributed by atoms with Crippen LogP contribution in [0.5, 0.6) is 0 Å². The molecular formula is C54H85NO13. The smallest absolute Gasteiger partial charge is 0.329 e. The van der Waals surface area contributed by atoms with Crippen LogP contribution in [0.2, 0.25) is 0 Å². The number of hydrogen-bond acceptors (Lipinski definition) is 13. The Morgan fingerprint density at radius 1 is 0.941 bits per heavy atom. The van der Waals surface area contributed by atoms with E-state index in [4.69, 9.17) is 38.0 Å². The van der Waals surface area contributed by atoms with E-state index in [9.17, 15) is 34.5 Å². The zero-order valence-electron chi connectivity index (χ0n) is 48.8. The summed E-state index contributed by atoms with van der Waals surface area (Å²) in [6.45, 7) is 10.5. The largest absolute Gasteiger partial charge is 0.460 e. The van der Waals surface area contributed by atoms with Crippen LogP contribution in [-0.4, -0.2) is 139 Å². The number of aliphatic hydroxyl groups is 3. The van der Waals surface area contributed by atoms with Gasteiger partial charge < -0.3 is 48.6 Å². The fraction of sp³-hybridized carbons (Fsp3) is 0.741. The van der Waals surface area contributed by atoms with Gasteiger partial charge in [-0.2, -0.15) is 0 Å². The Morgan fingerprint density at radius 3 is 2.38 bits per heavy atom. The molecule has 14 nitrogen and oxygen atoms in total. The number of nitrogens with zero attached hydrogens (tertiary/aromatic N) is 1. The van der Waals surface area contributed by atoms with Crippen LogP contribution in [0.4, 0.5) is 0 Å². The zero-order valence-corrected chi connectivity index (χ0v) is 41.8. The molecule has 3 N–H and O–H groups in total. The first kappa shape index (κ1) is 47.0. The first-order valence-electron chi connectivity index (χ1n) is 28.0. The summed E-state index contributed by atoms with van der Waals surface area (Å²) < 4.78 is 89.6. The summed E-state index contributed by atoms with van der Waals surface area (Å²) in [5.41, 5.74) is 1.65. The van der Waals surface area contributed by atoms with Gasteiger partial charge in [0, 0.05) is 52.5 Å². The summed E-state index contributed by atoms with van der Waals surface area (Å²) in [6.07, 6.45) is 7.58. The number of rotatable bonds is 9. The third-order valence-electron chi connectivity index (χ3n) is 14.8. The van der Waals surface area contributed by atoms with Gasteiger partial charge in [-0.25, -0.2) is 4.79 Å². The van der Waals surface area contributed by atoms with E-state index in [-0.39, 0.29) is 62.2 Å². The van der Waals surface area contributed by atoms with Gasteiger partial charge in [-0.3, -0.25) is 14.4 Å². The van der Waals surface area contributed by atoms with Gasteiger partial charge >= 0.3 is 5.97 Å². The zero-order chi connectivity index (χ0) is 56.4. The van der Waals surface area contributed by atoms with Gasteiger partial charge in [0.15, 0.2) is 0 Å². The molecule has 0 radical (unpaired) electrons. The maximum absolute atomic E-state index is 14.6. The molecule has 3 heterocycles. The second-order valence-corrected chi connectivity index (χ2v) is 19.9. The fourth-order valence-electron chi connectivity index (χ4n) is 10.3. The Kier molecular flexibility index (Phi) is 18.9. The maximum atomic E-state index is 14.6. The van der Waals surface area contributed by atoms with Crippen LogP contribution in [-0.2, 0) is 47.6 Å². The standard InChI is InChI=1S/C54H85NO13/c1-33-17-13-12-14-18-34(2)46(63-9)31-42-22-20-39(7)54(62,68-42)51(59)52(60)55-24-16-15-19-43(55)53(61)67-47(37(5)29-41-21-23-45(66-26-25-56)48(30-41)64-10)32-44(57)36(4)28-38(6)49(58)50(65-11)40(8)35(3)27-33/h12-14,17-18,28,33,35-37,39,41-43,45-50,56,58,62H,8,15-16,19-27,29-32H2,1-7,9-11H3/b14-12?,17-13+,34-18?,38-28+/t33-,35-,36-,37-,39-,41+,42+,43+,45-,46+,47+,48-,49-,50+,54-/m1/s1/i9D3,25D2,26D2. The molecule has 68 heavy (non-hydrogen) atoms. The van der Waals surface area contributed by atoms with Crippen molar-refractivity contribution in [3.05, 3.63) is 59.8 Å². The van der Waals surface area contributed by atoms with Gasteiger partial charge in [0.2, 0.25) is 5.79 Å². The lowest BCUT2D eigenvalue weighted by atomic mass is 9.78. The summed E-state index contributed by atoms with van der Waals surface area (Å²) in [7, 11) is 0.0951.